The van der Waals surface area contributed by atoms with E-state index in [1.165, 1.54) is 26.1 Å². The van der Waals surface area contributed by atoms with Crippen LogP contribution < -0.4 is 0 Å². The maximum absolute atomic E-state index is 9.08. The third kappa shape index (κ3) is 2.39. The molecule has 4 rings (SSSR count). The zero-order valence-corrected chi connectivity index (χ0v) is 12.9. The molecule has 0 spiro atoms. The van der Waals surface area contributed by atoms with Crippen LogP contribution in [0, 0.1) is 11.3 Å². The SMILES string of the molecule is N#Cc1ccc2sc3c(c2c1)CCN(Cc1cccnc1)C3. The number of nitrogens with zero attached hydrogens (tertiary/aromatic N) is 3. The molecule has 0 fully saturated rings. The maximum Gasteiger partial charge on any atom is 0.0991 e. The van der Waals surface area contributed by atoms with Crippen molar-refractivity contribution in [2.45, 2.75) is 19.5 Å². The Balaban J connectivity index is 1.63. The quantitative estimate of drug-likeness (QED) is 0.724. The van der Waals surface area contributed by atoms with Crippen molar-refractivity contribution in [3.8, 4) is 6.07 Å². The summed E-state index contributed by atoms with van der Waals surface area (Å²) in [7, 11) is 0. The second-order valence-corrected chi connectivity index (χ2v) is 6.79. The molecule has 0 unspecified atom stereocenters. The molecule has 0 bridgehead atoms. The standard InChI is InChI=1S/C18H15N3S/c19-9-13-3-4-17-16(8-13)15-5-7-21(12-18(15)22-17)11-14-2-1-6-20-10-14/h1-4,6,8,10H,5,7,11-12H2. The molecule has 0 aliphatic carbocycles. The first kappa shape index (κ1) is 13.4. The van der Waals surface area contributed by atoms with Crippen LogP contribution in [0.25, 0.3) is 10.1 Å². The van der Waals surface area contributed by atoms with Crippen molar-refractivity contribution in [2.75, 3.05) is 6.54 Å². The zero-order valence-electron chi connectivity index (χ0n) is 12.1. The largest absolute Gasteiger partial charge is 0.294 e. The molecule has 0 atom stereocenters. The van der Waals surface area contributed by atoms with E-state index in [4.69, 9.17) is 5.26 Å². The highest BCUT2D eigenvalue weighted by atomic mass is 32.1. The predicted molar refractivity (Wildman–Crippen MR) is 88.6 cm³/mol. The van der Waals surface area contributed by atoms with Crippen LogP contribution in [0.2, 0.25) is 0 Å². The van der Waals surface area contributed by atoms with Gasteiger partial charge in [0.05, 0.1) is 11.6 Å². The molecule has 1 aromatic carbocycles. The summed E-state index contributed by atoms with van der Waals surface area (Å²) >= 11 is 1.87. The van der Waals surface area contributed by atoms with Gasteiger partial charge < -0.3 is 0 Å². The highest BCUT2D eigenvalue weighted by molar-refractivity contribution is 7.19. The number of benzene rings is 1. The molecule has 3 nitrogen and oxygen atoms in total. The third-order valence-corrected chi connectivity index (χ3v) is 5.38. The lowest BCUT2D eigenvalue weighted by atomic mass is 10.0. The fourth-order valence-corrected chi connectivity index (χ4v) is 4.38. The van der Waals surface area contributed by atoms with Gasteiger partial charge in [-0.25, -0.2) is 0 Å². The van der Waals surface area contributed by atoms with Crippen LogP contribution in [0.3, 0.4) is 0 Å². The number of rotatable bonds is 2. The molecular formula is C18H15N3S. The van der Waals surface area contributed by atoms with Crippen molar-refractivity contribution in [3.05, 3.63) is 64.3 Å². The first-order valence-corrected chi connectivity index (χ1v) is 8.21. The van der Waals surface area contributed by atoms with E-state index in [1.807, 2.05) is 41.9 Å². The Morgan fingerprint density at radius 1 is 1.32 bits per heavy atom. The van der Waals surface area contributed by atoms with E-state index in [9.17, 15) is 0 Å². The Bertz CT molecular complexity index is 861. The summed E-state index contributed by atoms with van der Waals surface area (Å²) in [5.74, 6) is 0. The van der Waals surface area contributed by atoms with Crippen molar-refractivity contribution < 1.29 is 0 Å². The van der Waals surface area contributed by atoms with Gasteiger partial charge in [0.15, 0.2) is 0 Å². The van der Waals surface area contributed by atoms with Gasteiger partial charge in [-0.15, -0.1) is 11.3 Å². The highest BCUT2D eigenvalue weighted by Crippen LogP contribution is 2.36. The van der Waals surface area contributed by atoms with E-state index in [0.29, 0.717) is 0 Å². The summed E-state index contributed by atoms with van der Waals surface area (Å²) < 4.78 is 1.30. The van der Waals surface area contributed by atoms with Crippen molar-refractivity contribution in [1.29, 1.82) is 5.26 Å². The molecule has 0 saturated carbocycles. The minimum Gasteiger partial charge on any atom is -0.294 e. The fourth-order valence-electron chi connectivity index (χ4n) is 3.11. The summed E-state index contributed by atoms with van der Waals surface area (Å²) in [5, 5.41) is 10.4. The van der Waals surface area contributed by atoms with Crippen LogP contribution >= 0.6 is 11.3 Å². The number of aromatic nitrogens is 1. The topological polar surface area (TPSA) is 39.9 Å². The lowest BCUT2D eigenvalue weighted by Crippen LogP contribution is -2.29. The fraction of sp³-hybridized carbons (Fsp3) is 0.222. The summed E-state index contributed by atoms with van der Waals surface area (Å²) in [5.41, 5.74) is 3.46. The molecular weight excluding hydrogens is 290 g/mol. The number of pyridine rings is 1. The van der Waals surface area contributed by atoms with E-state index >= 15 is 0 Å². The Morgan fingerprint density at radius 2 is 2.27 bits per heavy atom. The molecule has 22 heavy (non-hydrogen) atoms. The minimum absolute atomic E-state index is 0.755. The monoisotopic (exact) mass is 305 g/mol. The molecule has 2 aromatic heterocycles. The van der Waals surface area contributed by atoms with E-state index in [2.05, 4.69) is 28.1 Å². The van der Waals surface area contributed by atoms with E-state index in [1.54, 1.807) is 0 Å². The first-order chi connectivity index (χ1) is 10.8. The van der Waals surface area contributed by atoms with Gasteiger partial charge in [-0.1, -0.05) is 6.07 Å². The molecule has 0 radical (unpaired) electrons. The summed E-state index contributed by atoms with van der Waals surface area (Å²) in [6.07, 6.45) is 4.82. The summed E-state index contributed by atoms with van der Waals surface area (Å²) in [4.78, 5) is 8.11. The van der Waals surface area contributed by atoms with Gasteiger partial charge in [-0.3, -0.25) is 9.88 Å². The molecule has 1 aliphatic heterocycles. The highest BCUT2D eigenvalue weighted by Gasteiger charge is 2.21. The van der Waals surface area contributed by atoms with Crippen LogP contribution in [0.5, 0.6) is 0 Å². The van der Waals surface area contributed by atoms with Crippen molar-refractivity contribution in [1.82, 2.24) is 9.88 Å². The number of nitriles is 1. The summed E-state index contributed by atoms with van der Waals surface area (Å²) in [6, 6.07) is 12.4. The molecule has 0 amide bonds. The van der Waals surface area contributed by atoms with Crippen LogP contribution in [0.1, 0.15) is 21.6 Å². The van der Waals surface area contributed by atoms with Gasteiger partial charge in [-0.2, -0.15) is 5.26 Å². The normalized spacial score (nSPS) is 14.7. The van der Waals surface area contributed by atoms with Gasteiger partial charge in [0.1, 0.15) is 0 Å². The van der Waals surface area contributed by atoms with Crippen molar-refractivity contribution in [3.63, 3.8) is 0 Å². The Morgan fingerprint density at radius 3 is 3.09 bits per heavy atom. The molecule has 4 heteroatoms. The van der Waals surface area contributed by atoms with E-state index < -0.39 is 0 Å². The van der Waals surface area contributed by atoms with Crippen LogP contribution in [-0.4, -0.2) is 16.4 Å². The number of fused-ring (bicyclic) bond motifs is 3. The number of thiophene rings is 1. The molecule has 0 saturated heterocycles. The Kier molecular flexibility index (Phi) is 3.38. The lowest BCUT2D eigenvalue weighted by Gasteiger charge is -2.26. The van der Waals surface area contributed by atoms with E-state index in [-0.39, 0.29) is 0 Å². The second kappa shape index (κ2) is 5.53. The van der Waals surface area contributed by atoms with Gasteiger partial charge in [0.25, 0.3) is 0 Å². The average molecular weight is 305 g/mol. The Hall–Kier alpha value is -2.22. The van der Waals surface area contributed by atoms with Crippen molar-refractivity contribution >= 4 is 21.4 Å². The van der Waals surface area contributed by atoms with Gasteiger partial charge in [0.2, 0.25) is 0 Å². The van der Waals surface area contributed by atoms with Gasteiger partial charge in [0, 0.05) is 41.6 Å². The molecule has 3 heterocycles. The van der Waals surface area contributed by atoms with Crippen molar-refractivity contribution in [2.24, 2.45) is 0 Å². The molecule has 1 aliphatic rings. The van der Waals surface area contributed by atoms with Crippen LogP contribution in [-0.2, 0) is 19.5 Å². The zero-order chi connectivity index (χ0) is 14.9. The number of hydrogen-bond acceptors (Lipinski definition) is 4. The average Bonchev–Trinajstić information content (AvgIpc) is 2.92. The predicted octanol–water partition coefficient (Wildman–Crippen LogP) is 3.73. The number of hydrogen-bond donors (Lipinski definition) is 0. The molecule has 3 aromatic rings. The summed E-state index contributed by atoms with van der Waals surface area (Å²) in [6.45, 7) is 3.00. The third-order valence-electron chi connectivity index (χ3n) is 4.18. The van der Waals surface area contributed by atoms with Gasteiger partial charge >= 0.3 is 0 Å². The second-order valence-electron chi connectivity index (χ2n) is 5.65. The van der Waals surface area contributed by atoms with E-state index in [0.717, 1.165) is 31.6 Å². The van der Waals surface area contributed by atoms with Crippen LogP contribution in [0.15, 0.2) is 42.7 Å². The maximum atomic E-state index is 9.08. The molecule has 0 N–H and O–H groups in total. The molecule has 108 valence electrons. The first-order valence-electron chi connectivity index (χ1n) is 7.39. The lowest BCUT2D eigenvalue weighted by molar-refractivity contribution is 0.249. The smallest absolute Gasteiger partial charge is 0.0991 e. The van der Waals surface area contributed by atoms with Crippen LogP contribution in [0.4, 0.5) is 0 Å². The van der Waals surface area contributed by atoms with Gasteiger partial charge in [-0.05, 0) is 47.2 Å². The minimum atomic E-state index is 0.755. The Labute approximate surface area is 133 Å².